The van der Waals surface area contributed by atoms with Gasteiger partial charge in [-0.15, -0.1) is 0 Å². The number of rotatable bonds is 2. The van der Waals surface area contributed by atoms with E-state index in [0.29, 0.717) is 5.39 Å². The Labute approximate surface area is 163 Å². The molecule has 5 rings (SSSR count). The van der Waals surface area contributed by atoms with Crippen LogP contribution in [-0.4, -0.2) is 15.0 Å². The van der Waals surface area contributed by atoms with Gasteiger partial charge in [-0.05, 0) is 29.1 Å². The SMILES string of the molecule is CC(c1ccccc1)c1nc2c3cc[nH]c(=O)c3c3cc(Br)ccc3c2[nH]1. The molecule has 0 saturated heterocycles. The summed E-state index contributed by atoms with van der Waals surface area (Å²) in [6, 6.07) is 18.2. The van der Waals surface area contributed by atoms with E-state index in [1.807, 2.05) is 42.5 Å². The van der Waals surface area contributed by atoms with Gasteiger partial charge in [0.15, 0.2) is 0 Å². The Balaban J connectivity index is 1.90. The predicted octanol–water partition coefficient (Wildman–Crippen LogP) is 5.47. The summed E-state index contributed by atoms with van der Waals surface area (Å²) < 4.78 is 0.941. The number of pyridine rings is 1. The van der Waals surface area contributed by atoms with Gasteiger partial charge in [-0.3, -0.25) is 4.79 Å². The van der Waals surface area contributed by atoms with Crippen LogP contribution in [0.15, 0.2) is 70.1 Å². The fraction of sp³-hybridized carbons (Fsp3) is 0.0909. The lowest BCUT2D eigenvalue weighted by molar-refractivity contribution is 0.846. The van der Waals surface area contributed by atoms with E-state index in [0.717, 1.165) is 37.5 Å². The second kappa shape index (κ2) is 6.06. The molecule has 2 aromatic heterocycles. The summed E-state index contributed by atoms with van der Waals surface area (Å²) in [7, 11) is 0. The van der Waals surface area contributed by atoms with Gasteiger partial charge in [0.2, 0.25) is 0 Å². The van der Waals surface area contributed by atoms with Crippen molar-refractivity contribution < 1.29 is 0 Å². The number of halogens is 1. The molecule has 2 N–H and O–H groups in total. The van der Waals surface area contributed by atoms with Crippen molar-refractivity contribution >= 4 is 48.5 Å². The second-order valence-electron chi connectivity index (χ2n) is 6.76. The minimum atomic E-state index is -0.0989. The molecule has 0 bridgehead atoms. The van der Waals surface area contributed by atoms with Crippen LogP contribution in [0.2, 0.25) is 0 Å². The first-order chi connectivity index (χ1) is 13.1. The fourth-order valence-corrected chi connectivity index (χ4v) is 4.13. The maximum atomic E-state index is 12.6. The van der Waals surface area contributed by atoms with E-state index in [1.54, 1.807) is 6.20 Å². The first-order valence-corrected chi connectivity index (χ1v) is 9.60. The number of hydrogen-bond donors (Lipinski definition) is 2. The fourth-order valence-electron chi connectivity index (χ4n) is 3.77. The minimum absolute atomic E-state index is 0.0989. The van der Waals surface area contributed by atoms with Crippen LogP contribution >= 0.6 is 15.9 Å². The van der Waals surface area contributed by atoms with Crippen molar-refractivity contribution in [3.63, 3.8) is 0 Å². The molecule has 1 atom stereocenters. The molecule has 1 unspecified atom stereocenters. The number of nitrogens with one attached hydrogen (secondary N) is 2. The van der Waals surface area contributed by atoms with Gasteiger partial charge in [0.05, 0.1) is 16.4 Å². The van der Waals surface area contributed by atoms with Gasteiger partial charge in [-0.1, -0.05) is 59.3 Å². The van der Waals surface area contributed by atoms with Gasteiger partial charge >= 0.3 is 0 Å². The molecular formula is C22H16BrN3O. The van der Waals surface area contributed by atoms with Gasteiger partial charge in [-0.2, -0.15) is 0 Å². The van der Waals surface area contributed by atoms with Gasteiger partial charge in [0.1, 0.15) is 5.82 Å². The molecule has 0 amide bonds. The number of imidazole rings is 1. The largest absolute Gasteiger partial charge is 0.341 e. The first kappa shape index (κ1) is 16.3. The lowest BCUT2D eigenvalue weighted by Gasteiger charge is -2.08. The third-order valence-electron chi connectivity index (χ3n) is 5.17. The molecular weight excluding hydrogens is 402 g/mol. The molecule has 3 aromatic carbocycles. The summed E-state index contributed by atoms with van der Waals surface area (Å²) in [5.41, 5.74) is 2.90. The predicted molar refractivity (Wildman–Crippen MR) is 113 cm³/mol. The molecule has 5 heteroatoms. The highest BCUT2D eigenvalue weighted by Crippen LogP contribution is 2.35. The Bertz CT molecular complexity index is 1370. The number of H-pyrrole nitrogens is 2. The summed E-state index contributed by atoms with van der Waals surface area (Å²) in [5, 5.41) is 3.45. The van der Waals surface area contributed by atoms with Crippen LogP contribution in [0.25, 0.3) is 32.6 Å². The Morgan fingerprint density at radius 2 is 1.81 bits per heavy atom. The third kappa shape index (κ3) is 2.50. The molecule has 0 aliphatic carbocycles. The first-order valence-electron chi connectivity index (χ1n) is 8.80. The standard InChI is InChI=1S/C22H16BrN3O/c1-12(13-5-3-2-4-6-13)21-25-19-15-8-7-14(23)11-17(15)18-16(20(19)26-21)9-10-24-22(18)27/h2-12H,1H3,(H,24,27)(H,25,26). The molecule has 5 aromatic rings. The van der Waals surface area contributed by atoms with Gasteiger partial charge in [0, 0.05) is 27.4 Å². The molecule has 4 nitrogen and oxygen atoms in total. The van der Waals surface area contributed by atoms with E-state index in [-0.39, 0.29) is 11.5 Å². The van der Waals surface area contributed by atoms with Crippen molar-refractivity contribution in [2.45, 2.75) is 12.8 Å². The van der Waals surface area contributed by atoms with Gasteiger partial charge in [0.25, 0.3) is 5.56 Å². The smallest absolute Gasteiger partial charge is 0.256 e. The van der Waals surface area contributed by atoms with E-state index in [2.05, 4.69) is 45.0 Å². The Morgan fingerprint density at radius 3 is 2.63 bits per heavy atom. The quantitative estimate of drug-likeness (QED) is 0.374. The van der Waals surface area contributed by atoms with Crippen LogP contribution in [-0.2, 0) is 0 Å². The second-order valence-corrected chi connectivity index (χ2v) is 7.68. The normalized spacial score (nSPS) is 12.8. The Hall–Kier alpha value is -2.92. The average Bonchev–Trinajstić information content (AvgIpc) is 3.13. The monoisotopic (exact) mass is 417 g/mol. The molecule has 0 saturated carbocycles. The zero-order valence-electron chi connectivity index (χ0n) is 14.6. The number of aromatic amines is 2. The van der Waals surface area contributed by atoms with Crippen molar-refractivity contribution in [3.8, 4) is 0 Å². The summed E-state index contributed by atoms with van der Waals surface area (Å²) in [4.78, 5) is 23.8. The van der Waals surface area contributed by atoms with Crippen LogP contribution in [0.1, 0.15) is 24.2 Å². The minimum Gasteiger partial charge on any atom is -0.341 e. The van der Waals surface area contributed by atoms with Crippen LogP contribution in [0, 0.1) is 0 Å². The zero-order valence-corrected chi connectivity index (χ0v) is 16.2. The third-order valence-corrected chi connectivity index (χ3v) is 5.66. The van der Waals surface area contributed by atoms with Crippen molar-refractivity contribution in [1.29, 1.82) is 0 Å². The maximum absolute atomic E-state index is 12.6. The van der Waals surface area contributed by atoms with Crippen molar-refractivity contribution in [3.05, 3.63) is 87.0 Å². The highest BCUT2D eigenvalue weighted by molar-refractivity contribution is 9.10. The summed E-state index contributed by atoms with van der Waals surface area (Å²) >= 11 is 3.53. The molecule has 0 aliphatic heterocycles. The molecule has 2 heterocycles. The molecule has 0 fully saturated rings. The van der Waals surface area contributed by atoms with Crippen molar-refractivity contribution in [1.82, 2.24) is 15.0 Å². The van der Waals surface area contributed by atoms with Crippen LogP contribution < -0.4 is 5.56 Å². The van der Waals surface area contributed by atoms with Gasteiger partial charge in [-0.25, -0.2) is 4.98 Å². The lowest BCUT2D eigenvalue weighted by Crippen LogP contribution is -2.05. The molecule has 0 radical (unpaired) electrons. The molecule has 132 valence electrons. The van der Waals surface area contributed by atoms with Crippen LogP contribution in [0.4, 0.5) is 0 Å². The van der Waals surface area contributed by atoms with E-state index in [1.165, 1.54) is 5.56 Å². The van der Waals surface area contributed by atoms with E-state index in [9.17, 15) is 4.79 Å². The molecule has 27 heavy (non-hydrogen) atoms. The molecule has 0 spiro atoms. The summed E-state index contributed by atoms with van der Waals surface area (Å²) in [6.07, 6.45) is 1.68. The van der Waals surface area contributed by atoms with E-state index in [4.69, 9.17) is 4.98 Å². The Kier molecular flexibility index (Phi) is 3.65. The average molecular weight is 418 g/mol. The van der Waals surface area contributed by atoms with E-state index < -0.39 is 0 Å². The summed E-state index contributed by atoms with van der Waals surface area (Å²) in [6.45, 7) is 2.14. The highest BCUT2D eigenvalue weighted by Gasteiger charge is 2.18. The topological polar surface area (TPSA) is 61.5 Å². The number of aromatic nitrogens is 3. The number of benzene rings is 3. The number of hydrogen-bond acceptors (Lipinski definition) is 2. The highest BCUT2D eigenvalue weighted by atomic mass is 79.9. The van der Waals surface area contributed by atoms with Crippen molar-refractivity contribution in [2.75, 3.05) is 0 Å². The van der Waals surface area contributed by atoms with Gasteiger partial charge < -0.3 is 9.97 Å². The van der Waals surface area contributed by atoms with Crippen LogP contribution in [0.3, 0.4) is 0 Å². The summed E-state index contributed by atoms with van der Waals surface area (Å²) in [5.74, 6) is 1.02. The van der Waals surface area contributed by atoms with E-state index >= 15 is 0 Å². The number of nitrogens with zero attached hydrogens (tertiary/aromatic N) is 1. The van der Waals surface area contributed by atoms with Crippen molar-refractivity contribution in [2.24, 2.45) is 0 Å². The zero-order chi connectivity index (χ0) is 18.5. The Morgan fingerprint density at radius 1 is 1.00 bits per heavy atom. The maximum Gasteiger partial charge on any atom is 0.256 e. The number of fused-ring (bicyclic) bond motifs is 6. The lowest BCUT2D eigenvalue weighted by atomic mass is 10.0. The molecule has 0 aliphatic rings. The van der Waals surface area contributed by atoms with Crippen LogP contribution in [0.5, 0.6) is 0 Å².